The summed E-state index contributed by atoms with van der Waals surface area (Å²) in [5, 5.41) is 54.2. The maximum absolute atomic E-state index is 13.0. The molecule has 1 rings (SSSR count). The van der Waals surface area contributed by atoms with Crippen LogP contribution in [0.2, 0.25) is 0 Å². The number of hydrogen-bond donors (Lipinski definition) is 6. The number of carbonyl (C=O) groups excluding carboxylic acids is 1. The predicted octanol–water partition coefficient (Wildman–Crippen LogP) is 15.9. The summed E-state index contributed by atoms with van der Waals surface area (Å²) in [5.74, 6) is -0.185. The molecule has 0 aliphatic carbocycles. The van der Waals surface area contributed by atoms with Crippen molar-refractivity contribution in [1.29, 1.82) is 0 Å². The molecule has 1 heterocycles. The van der Waals surface area contributed by atoms with Crippen LogP contribution in [0.15, 0.2) is 36.5 Å². The number of hydrogen-bond acceptors (Lipinski definition) is 8. The van der Waals surface area contributed by atoms with Crippen molar-refractivity contribution in [2.24, 2.45) is 0 Å². The summed E-state index contributed by atoms with van der Waals surface area (Å²) in [6.07, 6.45) is 62.8. The fraction of sp³-hybridized carbons (Fsp3) is 0.889. The molecule has 0 aromatic rings. The van der Waals surface area contributed by atoms with E-state index in [1.807, 2.05) is 6.08 Å². The van der Waals surface area contributed by atoms with Crippen molar-refractivity contribution in [3.05, 3.63) is 36.5 Å². The van der Waals surface area contributed by atoms with Crippen LogP contribution >= 0.6 is 0 Å². The molecule has 0 radical (unpaired) electrons. The minimum absolute atomic E-state index is 0.185. The molecule has 1 amide bonds. The normalized spacial score (nSPS) is 19.3. The SMILES string of the molecule is CCCCCC/C=C/CC/C=C/C(O)C(COC1OC(CO)C(O)C(O)C1O)NC(=O)CCCCCCCCCCCCCCCCCCC/C=C\CCCCCCCCCCCCCCCCCCCC. The van der Waals surface area contributed by atoms with E-state index >= 15 is 0 Å². The molecule has 9 heteroatoms. The average molecular weight is 1020 g/mol. The van der Waals surface area contributed by atoms with Gasteiger partial charge in [-0.05, 0) is 57.8 Å². The second kappa shape index (κ2) is 52.8. The smallest absolute Gasteiger partial charge is 0.220 e. The molecule has 0 aromatic carbocycles. The third-order valence-electron chi connectivity index (χ3n) is 14.9. The van der Waals surface area contributed by atoms with Crippen molar-refractivity contribution in [2.45, 2.75) is 346 Å². The molecule has 424 valence electrons. The number of carbonyl (C=O) groups is 1. The van der Waals surface area contributed by atoms with Gasteiger partial charge in [-0.25, -0.2) is 0 Å². The van der Waals surface area contributed by atoms with Gasteiger partial charge in [-0.1, -0.05) is 275 Å². The highest BCUT2D eigenvalue weighted by Crippen LogP contribution is 2.23. The molecule has 72 heavy (non-hydrogen) atoms. The third-order valence-corrected chi connectivity index (χ3v) is 14.9. The summed E-state index contributed by atoms with van der Waals surface area (Å²) in [5.41, 5.74) is 0. The molecular weight excluding hydrogens is 899 g/mol. The lowest BCUT2D eigenvalue weighted by Crippen LogP contribution is -2.60. The Morgan fingerprint density at radius 1 is 0.458 bits per heavy atom. The van der Waals surface area contributed by atoms with Crippen LogP contribution < -0.4 is 5.32 Å². The van der Waals surface area contributed by atoms with Crippen molar-refractivity contribution in [2.75, 3.05) is 13.2 Å². The van der Waals surface area contributed by atoms with Crippen LogP contribution in [0.25, 0.3) is 0 Å². The van der Waals surface area contributed by atoms with E-state index in [9.17, 15) is 30.3 Å². The van der Waals surface area contributed by atoms with Crippen LogP contribution in [-0.2, 0) is 14.3 Å². The van der Waals surface area contributed by atoms with E-state index in [0.717, 1.165) is 38.5 Å². The van der Waals surface area contributed by atoms with E-state index in [1.54, 1.807) is 6.08 Å². The third kappa shape index (κ3) is 41.6. The second-order valence-electron chi connectivity index (χ2n) is 21.8. The van der Waals surface area contributed by atoms with Crippen molar-refractivity contribution >= 4 is 5.91 Å². The lowest BCUT2D eigenvalue weighted by molar-refractivity contribution is -0.302. The van der Waals surface area contributed by atoms with E-state index in [1.165, 1.54) is 244 Å². The number of nitrogens with one attached hydrogen (secondary N) is 1. The number of amides is 1. The number of ether oxygens (including phenoxy) is 2. The summed E-state index contributed by atoms with van der Waals surface area (Å²) in [4.78, 5) is 13.0. The number of aliphatic hydroxyl groups is 5. The van der Waals surface area contributed by atoms with E-state index in [-0.39, 0.29) is 12.5 Å². The molecule has 0 spiro atoms. The van der Waals surface area contributed by atoms with Gasteiger partial charge >= 0.3 is 0 Å². The van der Waals surface area contributed by atoms with Gasteiger partial charge in [0.1, 0.15) is 24.4 Å². The molecule has 7 atom stereocenters. The fourth-order valence-corrected chi connectivity index (χ4v) is 9.99. The fourth-order valence-electron chi connectivity index (χ4n) is 9.99. The van der Waals surface area contributed by atoms with E-state index < -0.39 is 49.5 Å². The first kappa shape index (κ1) is 68.4. The molecule has 6 N–H and O–H groups in total. The van der Waals surface area contributed by atoms with Gasteiger partial charge in [-0.3, -0.25) is 4.79 Å². The number of allylic oxidation sites excluding steroid dienone is 5. The number of unbranched alkanes of at least 4 members (excludes halogenated alkanes) is 40. The van der Waals surface area contributed by atoms with E-state index in [0.29, 0.717) is 6.42 Å². The summed E-state index contributed by atoms with van der Waals surface area (Å²) in [6.45, 7) is 3.74. The Hall–Kier alpha value is -1.59. The predicted molar refractivity (Wildman–Crippen MR) is 304 cm³/mol. The Balaban J connectivity index is 2.00. The lowest BCUT2D eigenvalue weighted by atomic mass is 9.99. The lowest BCUT2D eigenvalue weighted by Gasteiger charge is -2.40. The molecule has 9 nitrogen and oxygen atoms in total. The molecule has 7 unspecified atom stereocenters. The van der Waals surface area contributed by atoms with Gasteiger partial charge < -0.3 is 40.3 Å². The highest BCUT2D eigenvalue weighted by atomic mass is 16.7. The van der Waals surface area contributed by atoms with E-state index in [4.69, 9.17) is 9.47 Å². The molecule has 1 aliphatic heterocycles. The van der Waals surface area contributed by atoms with Gasteiger partial charge in [-0.15, -0.1) is 0 Å². The standard InChI is InChI=1S/C63H119NO8/c1-3-5-7-9-11-13-15-16-17-18-19-20-21-22-23-24-25-26-27-28-29-30-31-32-33-34-35-36-37-38-39-40-41-42-43-45-47-49-51-53-59(67)64-56(55-71-63-62(70)61(69)60(68)58(54-65)72-63)57(66)52-50-48-46-44-14-12-10-8-6-4-2/h14,28-29,44,50,52,56-58,60-63,65-66,68-70H,3-13,15-27,30-43,45-49,51,53-55H2,1-2H3,(H,64,67)/b29-28-,44-14+,52-50+. The van der Waals surface area contributed by atoms with Crippen molar-refractivity contribution < 1.29 is 39.8 Å². The first-order chi connectivity index (χ1) is 35.3. The Labute approximate surface area is 444 Å². The minimum Gasteiger partial charge on any atom is -0.394 e. The second-order valence-corrected chi connectivity index (χ2v) is 21.8. The molecule has 1 aliphatic rings. The van der Waals surface area contributed by atoms with Crippen LogP contribution in [0, 0.1) is 0 Å². The maximum Gasteiger partial charge on any atom is 0.220 e. The van der Waals surface area contributed by atoms with E-state index in [2.05, 4.69) is 43.5 Å². The Morgan fingerprint density at radius 2 is 0.792 bits per heavy atom. The Morgan fingerprint density at radius 3 is 1.18 bits per heavy atom. The van der Waals surface area contributed by atoms with Crippen molar-refractivity contribution in [3.8, 4) is 0 Å². The summed E-state index contributed by atoms with van der Waals surface area (Å²) in [7, 11) is 0. The zero-order chi connectivity index (χ0) is 52.2. The number of rotatable bonds is 54. The molecular formula is C63H119NO8. The van der Waals surface area contributed by atoms with Gasteiger partial charge in [0, 0.05) is 6.42 Å². The molecule has 0 bridgehead atoms. The summed E-state index contributed by atoms with van der Waals surface area (Å²) < 4.78 is 11.2. The Bertz CT molecular complexity index is 1230. The average Bonchev–Trinajstić information content (AvgIpc) is 3.38. The van der Waals surface area contributed by atoms with Crippen LogP contribution in [0.1, 0.15) is 303 Å². The largest absolute Gasteiger partial charge is 0.394 e. The number of aliphatic hydroxyl groups excluding tert-OH is 5. The highest BCUT2D eigenvalue weighted by molar-refractivity contribution is 5.76. The topological polar surface area (TPSA) is 149 Å². The monoisotopic (exact) mass is 1020 g/mol. The van der Waals surface area contributed by atoms with Gasteiger partial charge in [0.15, 0.2) is 6.29 Å². The molecule has 0 aromatic heterocycles. The molecule has 0 saturated carbocycles. The van der Waals surface area contributed by atoms with Gasteiger partial charge in [0.2, 0.25) is 5.91 Å². The summed E-state index contributed by atoms with van der Waals surface area (Å²) >= 11 is 0. The van der Waals surface area contributed by atoms with Gasteiger partial charge in [-0.2, -0.15) is 0 Å². The van der Waals surface area contributed by atoms with Gasteiger partial charge in [0.05, 0.1) is 25.4 Å². The van der Waals surface area contributed by atoms with Crippen LogP contribution in [0.3, 0.4) is 0 Å². The Kier molecular flexibility index (Phi) is 50.2. The van der Waals surface area contributed by atoms with Crippen LogP contribution in [0.5, 0.6) is 0 Å². The first-order valence-electron chi connectivity index (χ1n) is 31.2. The summed E-state index contributed by atoms with van der Waals surface area (Å²) in [6, 6.07) is -0.819. The maximum atomic E-state index is 13.0. The highest BCUT2D eigenvalue weighted by Gasteiger charge is 2.44. The van der Waals surface area contributed by atoms with Crippen molar-refractivity contribution in [3.63, 3.8) is 0 Å². The zero-order valence-electron chi connectivity index (χ0n) is 47.2. The quantitative estimate of drug-likeness (QED) is 0.0261. The van der Waals surface area contributed by atoms with Crippen LogP contribution in [-0.4, -0.2) is 87.5 Å². The molecule has 1 saturated heterocycles. The minimum atomic E-state index is -1.57. The van der Waals surface area contributed by atoms with Crippen molar-refractivity contribution in [1.82, 2.24) is 5.32 Å². The molecule has 1 fully saturated rings. The zero-order valence-corrected chi connectivity index (χ0v) is 47.2. The van der Waals surface area contributed by atoms with Gasteiger partial charge in [0.25, 0.3) is 0 Å². The van der Waals surface area contributed by atoms with Crippen LogP contribution in [0.4, 0.5) is 0 Å². The first-order valence-corrected chi connectivity index (χ1v) is 31.2.